The lowest BCUT2D eigenvalue weighted by atomic mass is 10.2. The third kappa shape index (κ3) is 4.99. The summed E-state index contributed by atoms with van der Waals surface area (Å²) in [7, 11) is -3.44. The van der Waals surface area contributed by atoms with E-state index < -0.39 is 10.0 Å². The summed E-state index contributed by atoms with van der Waals surface area (Å²) in [5.74, 6) is -0.254. The summed E-state index contributed by atoms with van der Waals surface area (Å²) < 4.78 is 24.4. The Hall–Kier alpha value is -1.66. The zero-order chi connectivity index (χ0) is 16.0. The average Bonchev–Trinajstić information content (AvgIpc) is 2.38. The summed E-state index contributed by atoms with van der Waals surface area (Å²) in [6, 6.07) is 7.56. The van der Waals surface area contributed by atoms with Crippen LogP contribution in [-0.2, 0) is 14.8 Å². The topological polar surface area (TPSA) is 57.7 Å². The highest BCUT2D eigenvalue weighted by Gasteiger charge is 2.22. The molecule has 116 valence electrons. The highest BCUT2D eigenvalue weighted by molar-refractivity contribution is 7.88. The summed E-state index contributed by atoms with van der Waals surface area (Å²) in [4.78, 5) is 14.0. The van der Waals surface area contributed by atoms with Crippen LogP contribution in [0.2, 0.25) is 0 Å². The summed E-state index contributed by atoms with van der Waals surface area (Å²) >= 11 is 0. The molecular weight excluding hydrogens is 288 g/mol. The fourth-order valence-electron chi connectivity index (χ4n) is 2.00. The van der Waals surface area contributed by atoms with E-state index in [1.54, 1.807) is 4.90 Å². The quantitative estimate of drug-likeness (QED) is 0.722. The van der Waals surface area contributed by atoms with Crippen LogP contribution in [0.15, 0.2) is 36.9 Å². The van der Waals surface area contributed by atoms with Crippen molar-refractivity contribution in [2.24, 2.45) is 0 Å². The van der Waals surface area contributed by atoms with Crippen molar-refractivity contribution in [2.45, 2.75) is 13.8 Å². The van der Waals surface area contributed by atoms with Gasteiger partial charge in [0.25, 0.3) is 0 Å². The van der Waals surface area contributed by atoms with Crippen molar-refractivity contribution in [3.8, 4) is 0 Å². The molecule has 0 unspecified atom stereocenters. The molecule has 5 nitrogen and oxygen atoms in total. The van der Waals surface area contributed by atoms with Crippen molar-refractivity contribution in [2.75, 3.05) is 30.8 Å². The van der Waals surface area contributed by atoms with E-state index in [1.807, 2.05) is 38.1 Å². The number of nitrogens with zero attached hydrogens (tertiary/aromatic N) is 2. The van der Waals surface area contributed by atoms with Crippen LogP contribution < -0.4 is 4.90 Å². The highest BCUT2D eigenvalue weighted by Crippen LogP contribution is 2.16. The Morgan fingerprint density at radius 3 is 2.52 bits per heavy atom. The van der Waals surface area contributed by atoms with Crippen molar-refractivity contribution in [3.05, 3.63) is 42.5 Å². The van der Waals surface area contributed by atoms with Crippen LogP contribution in [0.5, 0.6) is 0 Å². The highest BCUT2D eigenvalue weighted by atomic mass is 32.2. The van der Waals surface area contributed by atoms with Gasteiger partial charge >= 0.3 is 0 Å². The molecule has 0 aliphatic heterocycles. The molecule has 0 spiro atoms. The molecule has 1 aromatic rings. The van der Waals surface area contributed by atoms with Gasteiger partial charge in [0.1, 0.15) is 0 Å². The first-order valence-corrected chi connectivity index (χ1v) is 8.57. The Balaban J connectivity index is 2.96. The van der Waals surface area contributed by atoms with Crippen LogP contribution in [0, 0.1) is 6.92 Å². The maximum absolute atomic E-state index is 12.4. The van der Waals surface area contributed by atoms with E-state index in [1.165, 1.54) is 6.08 Å². The van der Waals surface area contributed by atoms with Gasteiger partial charge in [0.15, 0.2) is 0 Å². The molecule has 0 bridgehead atoms. The molecule has 0 aliphatic carbocycles. The maximum Gasteiger partial charge on any atom is 0.242 e. The normalized spacial score (nSPS) is 11.4. The lowest BCUT2D eigenvalue weighted by Gasteiger charge is -2.25. The maximum atomic E-state index is 12.4. The molecular formula is C15H22N2O3S. The van der Waals surface area contributed by atoms with E-state index in [0.717, 1.165) is 21.8 Å². The van der Waals surface area contributed by atoms with Crippen molar-refractivity contribution < 1.29 is 13.2 Å². The molecule has 1 rings (SSSR count). The third-order valence-electron chi connectivity index (χ3n) is 3.04. The largest absolute Gasteiger partial charge is 0.312 e. The molecule has 21 heavy (non-hydrogen) atoms. The van der Waals surface area contributed by atoms with Crippen LogP contribution in [0.3, 0.4) is 0 Å². The first-order valence-electron chi connectivity index (χ1n) is 6.72. The van der Waals surface area contributed by atoms with Gasteiger partial charge in [-0.15, -0.1) is 6.58 Å². The minimum Gasteiger partial charge on any atom is -0.312 e. The van der Waals surface area contributed by atoms with Crippen molar-refractivity contribution >= 4 is 21.6 Å². The van der Waals surface area contributed by atoms with Gasteiger partial charge in [0.2, 0.25) is 15.9 Å². The Labute approximate surface area is 126 Å². The van der Waals surface area contributed by atoms with E-state index in [0.29, 0.717) is 6.54 Å². The van der Waals surface area contributed by atoms with Gasteiger partial charge in [0.05, 0.1) is 12.8 Å². The summed E-state index contributed by atoms with van der Waals surface area (Å²) in [6.45, 7) is 7.74. The fourth-order valence-corrected chi connectivity index (χ4v) is 2.72. The molecule has 0 atom stereocenters. The van der Waals surface area contributed by atoms with Crippen LogP contribution >= 0.6 is 0 Å². The van der Waals surface area contributed by atoms with Crippen molar-refractivity contribution in [3.63, 3.8) is 0 Å². The number of amides is 1. The smallest absolute Gasteiger partial charge is 0.242 e. The average molecular weight is 310 g/mol. The predicted octanol–water partition coefficient (Wildman–Crippen LogP) is 1.80. The number of sulfonamides is 1. The van der Waals surface area contributed by atoms with Gasteiger partial charge in [-0.2, -0.15) is 4.31 Å². The summed E-state index contributed by atoms with van der Waals surface area (Å²) in [6.07, 6.45) is 2.56. The van der Waals surface area contributed by atoms with Gasteiger partial charge in [-0.3, -0.25) is 4.79 Å². The van der Waals surface area contributed by atoms with E-state index in [2.05, 4.69) is 6.58 Å². The van der Waals surface area contributed by atoms with Crippen LogP contribution in [-0.4, -0.2) is 44.5 Å². The SMILES string of the molecule is C=CCN(CC(=O)N(CC)c1cccc(C)c1)S(C)(=O)=O. The Morgan fingerprint density at radius 1 is 1.38 bits per heavy atom. The first-order chi connectivity index (χ1) is 9.79. The number of benzene rings is 1. The minimum atomic E-state index is -3.44. The second-order valence-electron chi connectivity index (χ2n) is 4.82. The van der Waals surface area contributed by atoms with Gasteiger partial charge in [-0.05, 0) is 31.5 Å². The van der Waals surface area contributed by atoms with E-state index in [9.17, 15) is 13.2 Å². The second-order valence-corrected chi connectivity index (χ2v) is 6.80. The number of hydrogen-bond acceptors (Lipinski definition) is 3. The Morgan fingerprint density at radius 2 is 2.05 bits per heavy atom. The van der Waals surface area contributed by atoms with E-state index in [-0.39, 0.29) is 19.0 Å². The molecule has 0 radical (unpaired) electrons. The number of likely N-dealkylation sites (N-methyl/N-ethyl adjacent to an activating group) is 1. The first kappa shape index (κ1) is 17.4. The summed E-state index contributed by atoms with van der Waals surface area (Å²) in [5.41, 5.74) is 1.82. The zero-order valence-electron chi connectivity index (χ0n) is 12.7. The number of aryl methyl sites for hydroxylation is 1. The number of rotatable bonds is 7. The molecule has 0 heterocycles. The lowest BCUT2D eigenvalue weighted by molar-refractivity contribution is -0.118. The number of carbonyl (C=O) groups is 1. The molecule has 0 aliphatic rings. The molecule has 0 saturated carbocycles. The molecule has 1 amide bonds. The van der Waals surface area contributed by atoms with E-state index in [4.69, 9.17) is 0 Å². The second kappa shape index (κ2) is 7.38. The molecule has 0 N–H and O–H groups in total. The van der Waals surface area contributed by atoms with Crippen LogP contribution in [0.1, 0.15) is 12.5 Å². The molecule has 0 aromatic heterocycles. The summed E-state index contributed by atoms with van der Waals surface area (Å²) in [5, 5.41) is 0. The fraction of sp³-hybridized carbons (Fsp3) is 0.400. The third-order valence-corrected chi connectivity index (χ3v) is 4.26. The van der Waals surface area contributed by atoms with Crippen molar-refractivity contribution in [1.29, 1.82) is 0 Å². The minimum absolute atomic E-state index is 0.121. The van der Waals surface area contributed by atoms with Crippen LogP contribution in [0.4, 0.5) is 5.69 Å². The Bertz CT molecular complexity index is 611. The molecule has 0 fully saturated rings. The molecule has 6 heteroatoms. The van der Waals surface area contributed by atoms with Gasteiger partial charge < -0.3 is 4.90 Å². The lowest BCUT2D eigenvalue weighted by Crippen LogP contribution is -2.42. The van der Waals surface area contributed by atoms with Gasteiger partial charge in [-0.25, -0.2) is 8.42 Å². The number of anilines is 1. The van der Waals surface area contributed by atoms with Crippen LogP contribution in [0.25, 0.3) is 0 Å². The van der Waals surface area contributed by atoms with Gasteiger partial charge in [0, 0.05) is 18.8 Å². The van der Waals surface area contributed by atoms with Crippen molar-refractivity contribution in [1.82, 2.24) is 4.31 Å². The van der Waals surface area contributed by atoms with E-state index >= 15 is 0 Å². The Kier molecular flexibility index (Phi) is 6.11. The molecule has 1 aromatic carbocycles. The standard InChI is InChI=1S/C15H22N2O3S/c1-5-10-16(21(4,19)20)12-15(18)17(6-2)14-9-7-8-13(3)11-14/h5,7-9,11H,1,6,10,12H2,2-4H3. The monoisotopic (exact) mass is 310 g/mol. The van der Waals surface area contributed by atoms with Gasteiger partial charge in [-0.1, -0.05) is 18.2 Å². The number of carbonyl (C=O) groups excluding carboxylic acids is 1. The molecule has 0 saturated heterocycles. The predicted molar refractivity (Wildman–Crippen MR) is 85.8 cm³/mol. The zero-order valence-corrected chi connectivity index (χ0v) is 13.6. The number of hydrogen-bond donors (Lipinski definition) is 0.